The van der Waals surface area contributed by atoms with E-state index in [0.29, 0.717) is 0 Å². The van der Waals surface area contributed by atoms with Gasteiger partial charge in [-0.25, -0.2) is 4.98 Å². The van der Waals surface area contributed by atoms with Crippen LogP contribution in [-0.2, 0) is 0 Å². The number of aromatic nitrogens is 2. The molecule has 0 N–H and O–H groups in total. The average Bonchev–Trinajstić information content (AvgIpc) is 2.83. The summed E-state index contributed by atoms with van der Waals surface area (Å²) < 4.78 is 7.44. The Kier molecular flexibility index (Phi) is 2.52. The summed E-state index contributed by atoms with van der Waals surface area (Å²) in [5.74, 6) is 1.71. The molecule has 0 saturated carbocycles. The largest absolute Gasteiger partial charge is 0.482 e. The van der Waals surface area contributed by atoms with Crippen molar-refractivity contribution in [3.05, 3.63) is 54.2 Å². The molecule has 90 valence electrons. The van der Waals surface area contributed by atoms with E-state index < -0.39 is 0 Å². The van der Waals surface area contributed by atoms with Crippen LogP contribution < -0.4 is 4.74 Å². The summed E-state index contributed by atoms with van der Waals surface area (Å²) in [7, 11) is 1.68. The average molecular weight is 238 g/mol. The Hall–Kier alpha value is -2.29. The smallest absolute Gasteiger partial charge is 0.199 e. The van der Waals surface area contributed by atoms with E-state index in [1.165, 1.54) is 5.56 Å². The fraction of sp³-hybridized carbons (Fsp3) is 0.133. The van der Waals surface area contributed by atoms with Gasteiger partial charge in [0, 0.05) is 5.56 Å². The molecule has 0 bridgehead atoms. The number of fused-ring (bicyclic) bond motifs is 1. The third-order valence-corrected chi connectivity index (χ3v) is 3.11. The van der Waals surface area contributed by atoms with Crippen LogP contribution in [-0.4, -0.2) is 16.5 Å². The van der Waals surface area contributed by atoms with Crippen molar-refractivity contribution < 1.29 is 4.74 Å². The number of methoxy groups -OCH3 is 1. The van der Waals surface area contributed by atoms with Crippen LogP contribution in [0.15, 0.2) is 48.7 Å². The summed E-state index contributed by atoms with van der Waals surface area (Å²) in [5, 5.41) is 0. The molecule has 0 amide bonds. The van der Waals surface area contributed by atoms with Crippen molar-refractivity contribution in [2.24, 2.45) is 0 Å². The standard InChI is InChI=1S/C15H14N2O/c1-11-6-3-4-8-13(11)15-16-10-12-7-5-9-14(18-2)17(12)15/h3-10H,1-2H3. The minimum absolute atomic E-state index is 0.795. The third-order valence-electron chi connectivity index (χ3n) is 3.11. The highest BCUT2D eigenvalue weighted by Gasteiger charge is 2.11. The van der Waals surface area contributed by atoms with E-state index in [9.17, 15) is 0 Å². The van der Waals surface area contributed by atoms with Crippen LogP contribution in [0.2, 0.25) is 0 Å². The second kappa shape index (κ2) is 4.18. The number of benzene rings is 1. The van der Waals surface area contributed by atoms with Gasteiger partial charge in [0.2, 0.25) is 0 Å². The van der Waals surface area contributed by atoms with Gasteiger partial charge in [-0.05, 0) is 24.6 Å². The quantitative estimate of drug-likeness (QED) is 0.684. The SMILES string of the molecule is COc1cccc2cnc(-c3ccccc3C)n12. The summed E-state index contributed by atoms with van der Waals surface area (Å²) in [6.45, 7) is 2.09. The zero-order valence-electron chi connectivity index (χ0n) is 10.4. The fourth-order valence-electron chi connectivity index (χ4n) is 2.19. The number of pyridine rings is 1. The summed E-state index contributed by atoms with van der Waals surface area (Å²) in [6.07, 6.45) is 1.87. The Morgan fingerprint density at radius 3 is 2.67 bits per heavy atom. The molecule has 0 atom stereocenters. The van der Waals surface area contributed by atoms with E-state index in [-0.39, 0.29) is 0 Å². The van der Waals surface area contributed by atoms with Gasteiger partial charge in [0.1, 0.15) is 5.82 Å². The summed E-state index contributed by atoms with van der Waals surface area (Å²) in [5.41, 5.74) is 3.37. The second-order valence-corrected chi connectivity index (χ2v) is 4.23. The lowest BCUT2D eigenvalue weighted by Gasteiger charge is -2.08. The van der Waals surface area contributed by atoms with E-state index in [2.05, 4.69) is 24.0 Å². The van der Waals surface area contributed by atoms with Gasteiger partial charge < -0.3 is 4.74 Å². The molecule has 3 rings (SSSR count). The van der Waals surface area contributed by atoms with Crippen molar-refractivity contribution in [1.29, 1.82) is 0 Å². The molecule has 0 spiro atoms. The van der Waals surface area contributed by atoms with Crippen LogP contribution in [0.1, 0.15) is 5.56 Å². The number of hydrogen-bond donors (Lipinski definition) is 0. The molecule has 0 saturated heterocycles. The number of rotatable bonds is 2. The zero-order valence-corrected chi connectivity index (χ0v) is 10.4. The Morgan fingerprint density at radius 1 is 1.06 bits per heavy atom. The number of hydrogen-bond acceptors (Lipinski definition) is 2. The molecule has 2 aromatic heterocycles. The number of aryl methyl sites for hydroxylation is 1. The summed E-state index contributed by atoms with van der Waals surface area (Å²) >= 11 is 0. The van der Waals surface area contributed by atoms with Crippen LogP contribution in [0, 0.1) is 6.92 Å². The van der Waals surface area contributed by atoms with Gasteiger partial charge >= 0.3 is 0 Å². The van der Waals surface area contributed by atoms with Crippen molar-refractivity contribution in [3.8, 4) is 17.3 Å². The monoisotopic (exact) mass is 238 g/mol. The molecule has 3 heteroatoms. The Bertz CT molecular complexity index is 701. The van der Waals surface area contributed by atoms with Gasteiger partial charge in [-0.1, -0.05) is 30.3 Å². The van der Waals surface area contributed by atoms with Gasteiger partial charge in [-0.2, -0.15) is 0 Å². The summed E-state index contributed by atoms with van der Waals surface area (Å²) in [4.78, 5) is 4.52. The molecule has 0 aliphatic heterocycles. The highest BCUT2D eigenvalue weighted by atomic mass is 16.5. The first-order chi connectivity index (χ1) is 8.81. The van der Waals surface area contributed by atoms with E-state index >= 15 is 0 Å². The number of ether oxygens (including phenoxy) is 1. The molecule has 3 aromatic rings. The first kappa shape index (κ1) is 10.8. The Labute approximate surface area is 106 Å². The first-order valence-corrected chi connectivity index (χ1v) is 5.88. The molecule has 18 heavy (non-hydrogen) atoms. The van der Waals surface area contributed by atoms with E-state index in [1.54, 1.807) is 7.11 Å². The predicted octanol–water partition coefficient (Wildman–Crippen LogP) is 3.32. The van der Waals surface area contributed by atoms with E-state index in [1.807, 2.05) is 40.9 Å². The maximum absolute atomic E-state index is 5.41. The maximum Gasteiger partial charge on any atom is 0.199 e. The van der Waals surface area contributed by atoms with Crippen molar-refractivity contribution >= 4 is 5.52 Å². The molecule has 3 nitrogen and oxygen atoms in total. The van der Waals surface area contributed by atoms with Crippen LogP contribution in [0.5, 0.6) is 5.88 Å². The van der Waals surface area contributed by atoms with Crippen LogP contribution in [0.4, 0.5) is 0 Å². The molecule has 0 aliphatic rings. The Balaban J connectivity index is 2.34. The van der Waals surface area contributed by atoms with Gasteiger partial charge in [-0.3, -0.25) is 4.40 Å². The van der Waals surface area contributed by atoms with Crippen LogP contribution in [0.3, 0.4) is 0 Å². The van der Waals surface area contributed by atoms with Crippen LogP contribution in [0.25, 0.3) is 16.9 Å². The molecule has 0 aliphatic carbocycles. The van der Waals surface area contributed by atoms with E-state index in [0.717, 1.165) is 22.8 Å². The molecule has 0 fully saturated rings. The lowest BCUT2D eigenvalue weighted by atomic mass is 10.1. The normalized spacial score (nSPS) is 10.8. The number of imidazole rings is 1. The maximum atomic E-state index is 5.41. The summed E-state index contributed by atoms with van der Waals surface area (Å²) in [6, 6.07) is 14.2. The van der Waals surface area contributed by atoms with Crippen molar-refractivity contribution in [2.45, 2.75) is 6.92 Å². The van der Waals surface area contributed by atoms with E-state index in [4.69, 9.17) is 4.74 Å². The molecular weight excluding hydrogens is 224 g/mol. The fourth-order valence-corrected chi connectivity index (χ4v) is 2.19. The highest BCUT2D eigenvalue weighted by Crippen LogP contribution is 2.26. The minimum Gasteiger partial charge on any atom is -0.482 e. The molecule has 0 radical (unpaired) electrons. The molecule has 1 aromatic carbocycles. The van der Waals surface area contributed by atoms with Crippen LogP contribution >= 0.6 is 0 Å². The second-order valence-electron chi connectivity index (χ2n) is 4.23. The minimum atomic E-state index is 0.795. The molecular formula is C15H14N2O. The Morgan fingerprint density at radius 2 is 1.89 bits per heavy atom. The zero-order chi connectivity index (χ0) is 12.5. The predicted molar refractivity (Wildman–Crippen MR) is 71.9 cm³/mol. The number of nitrogens with zero attached hydrogens (tertiary/aromatic N) is 2. The van der Waals surface area contributed by atoms with Crippen molar-refractivity contribution in [3.63, 3.8) is 0 Å². The van der Waals surface area contributed by atoms with Crippen molar-refractivity contribution in [2.75, 3.05) is 7.11 Å². The van der Waals surface area contributed by atoms with Gasteiger partial charge in [0.25, 0.3) is 0 Å². The lowest BCUT2D eigenvalue weighted by molar-refractivity contribution is 0.393. The third kappa shape index (κ3) is 1.56. The van der Waals surface area contributed by atoms with Gasteiger partial charge in [0.15, 0.2) is 5.88 Å². The molecule has 2 heterocycles. The first-order valence-electron chi connectivity index (χ1n) is 5.88. The van der Waals surface area contributed by atoms with Gasteiger partial charge in [0.05, 0.1) is 18.8 Å². The van der Waals surface area contributed by atoms with Gasteiger partial charge in [-0.15, -0.1) is 0 Å². The van der Waals surface area contributed by atoms with Crippen molar-refractivity contribution in [1.82, 2.24) is 9.38 Å². The lowest BCUT2D eigenvalue weighted by Crippen LogP contribution is -1.96. The highest BCUT2D eigenvalue weighted by molar-refractivity contribution is 5.66. The molecule has 0 unspecified atom stereocenters. The topological polar surface area (TPSA) is 26.5 Å².